The Morgan fingerprint density at radius 3 is 0.882 bits per heavy atom. The number of rotatable bonds is 10. The van der Waals surface area contributed by atoms with Crippen LogP contribution in [-0.4, -0.2) is 6.15 Å². The number of hydrogen-bond acceptors (Lipinski definition) is 0. The molecule has 8 rings (SSSR count). The molecule has 8 aromatic carbocycles. The first kappa shape index (κ1) is 32.5. The molecule has 2 heteroatoms. The first-order valence-electron chi connectivity index (χ1n) is 18.0. The van der Waals surface area contributed by atoms with E-state index < -0.39 is 13.4 Å². The minimum Gasteiger partial charge on any atom is -0.0654 e. The van der Waals surface area contributed by atoms with Crippen molar-refractivity contribution < 1.29 is 0 Å². The molecule has 0 nitrogen and oxygen atoms in total. The van der Waals surface area contributed by atoms with Crippen LogP contribution in [0.2, 0.25) is 0 Å². The fraction of sp³-hybridized carbons (Fsp3) is 0.0204. The second-order valence-electron chi connectivity index (χ2n) is 13.6. The molecule has 0 fully saturated rings. The van der Waals surface area contributed by atoms with Crippen molar-refractivity contribution in [2.45, 2.75) is 6.16 Å². The van der Waals surface area contributed by atoms with Gasteiger partial charge in [-0.1, -0.05) is 54.6 Å². The Kier molecular flexibility index (Phi) is 9.31. The Labute approximate surface area is 303 Å². The number of hydrogen-bond donors (Lipinski definition) is 0. The van der Waals surface area contributed by atoms with Crippen molar-refractivity contribution in [2.24, 2.45) is 0 Å². The SMILES string of the molecule is c1ccc([B-](c2ccccc2)(c2ccccc2)c2ccc(-c3ccc(C[PH](c4ccccc4)(c4ccccc4)c4ccccc4)cc3)cc2)cc1. The summed E-state index contributed by atoms with van der Waals surface area (Å²) in [6, 6.07) is 85.3. The molecule has 0 aliphatic carbocycles. The van der Waals surface area contributed by atoms with Gasteiger partial charge in [0.25, 0.3) is 0 Å². The second kappa shape index (κ2) is 14.6. The van der Waals surface area contributed by atoms with Gasteiger partial charge in [-0.2, -0.15) is 0 Å². The van der Waals surface area contributed by atoms with E-state index in [1.807, 2.05) is 0 Å². The van der Waals surface area contributed by atoms with Crippen molar-refractivity contribution in [3.63, 3.8) is 0 Å². The zero-order valence-electron chi connectivity index (χ0n) is 28.7. The first-order chi connectivity index (χ1) is 25.3. The second-order valence-corrected chi connectivity index (χ2v) is 17.5. The van der Waals surface area contributed by atoms with Crippen LogP contribution in [0.3, 0.4) is 0 Å². The van der Waals surface area contributed by atoms with Crippen LogP contribution in [-0.2, 0) is 6.16 Å². The minimum atomic E-state index is -2.38. The minimum absolute atomic E-state index is 0.987. The Bertz CT molecular complexity index is 2080. The normalized spacial score (nSPS) is 11.9. The van der Waals surface area contributed by atoms with Gasteiger partial charge in [0.1, 0.15) is 0 Å². The summed E-state index contributed by atoms with van der Waals surface area (Å²) in [5.41, 5.74) is 9.07. The molecular formula is C49H41BP-. The summed E-state index contributed by atoms with van der Waals surface area (Å²) in [5, 5.41) is 4.30. The molecule has 0 unspecified atom stereocenters. The van der Waals surface area contributed by atoms with E-state index in [-0.39, 0.29) is 0 Å². The van der Waals surface area contributed by atoms with Crippen molar-refractivity contribution in [3.05, 3.63) is 236 Å². The third kappa shape index (κ3) is 6.16. The van der Waals surface area contributed by atoms with Gasteiger partial charge in [0.2, 0.25) is 0 Å². The van der Waals surface area contributed by atoms with E-state index in [0.717, 1.165) is 6.16 Å². The van der Waals surface area contributed by atoms with Crippen LogP contribution in [0.5, 0.6) is 0 Å². The molecule has 0 bridgehead atoms. The van der Waals surface area contributed by atoms with Crippen molar-refractivity contribution in [1.29, 1.82) is 0 Å². The molecule has 51 heavy (non-hydrogen) atoms. The molecule has 0 N–H and O–H groups in total. The molecule has 0 amide bonds. The summed E-state index contributed by atoms with van der Waals surface area (Å²) in [5.74, 6) is 0. The van der Waals surface area contributed by atoms with Gasteiger partial charge in [0.05, 0.1) is 0 Å². The molecule has 0 aromatic heterocycles. The molecule has 0 radical (unpaired) electrons. The summed E-state index contributed by atoms with van der Waals surface area (Å²) in [7, 11) is -2.38. The van der Waals surface area contributed by atoms with Crippen molar-refractivity contribution in [1.82, 2.24) is 0 Å². The number of benzene rings is 8. The van der Waals surface area contributed by atoms with E-state index >= 15 is 0 Å². The van der Waals surface area contributed by atoms with E-state index in [4.69, 9.17) is 0 Å². The summed E-state index contributed by atoms with van der Waals surface area (Å²) in [6.45, 7) is 0. The average molecular weight is 672 g/mol. The smallest absolute Gasteiger partial charge is 0.0654 e. The van der Waals surface area contributed by atoms with E-state index in [9.17, 15) is 0 Å². The maximum atomic E-state index is 2.36. The zero-order chi connectivity index (χ0) is 34.4. The Morgan fingerprint density at radius 2 is 0.549 bits per heavy atom. The van der Waals surface area contributed by atoms with Gasteiger partial charge in [0, 0.05) is 0 Å². The van der Waals surface area contributed by atoms with Crippen LogP contribution in [0.25, 0.3) is 11.1 Å². The van der Waals surface area contributed by atoms with E-state index in [2.05, 4.69) is 231 Å². The molecule has 0 aliphatic heterocycles. The molecule has 0 spiro atoms. The fourth-order valence-electron chi connectivity index (χ4n) is 8.44. The molecule has 0 aliphatic rings. The Hall–Kier alpha value is -5.75. The zero-order valence-corrected chi connectivity index (χ0v) is 29.7. The predicted molar refractivity (Wildman–Crippen MR) is 226 cm³/mol. The van der Waals surface area contributed by atoms with Crippen molar-refractivity contribution >= 4 is 51.2 Å². The third-order valence-corrected chi connectivity index (χ3v) is 15.8. The molecule has 0 atom stereocenters. The Balaban J connectivity index is 1.19. The quantitative estimate of drug-likeness (QED) is 0.102. The summed E-state index contributed by atoms with van der Waals surface area (Å²) < 4.78 is 0. The third-order valence-electron chi connectivity index (χ3n) is 10.9. The van der Waals surface area contributed by atoms with Crippen molar-refractivity contribution in [2.75, 3.05) is 0 Å². The van der Waals surface area contributed by atoms with Crippen LogP contribution < -0.4 is 37.8 Å². The molecule has 0 saturated carbocycles. The average Bonchev–Trinajstić information content (AvgIpc) is 3.23. The van der Waals surface area contributed by atoms with Gasteiger partial charge in [-0.3, -0.25) is 0 Å². The van der Waals surface area contributed by atoms with Crippen LogP contribution in [0.15, 0.2) is 231 Å². The van der Waals surface area contributed by atoms with Crippen LogP contribution in [0, 0.1) is 0 Å². The van der Waals surface area contributed by atoms with Gasteiger partial charge in [0.15, 0.2) is 0 Å². The monoisotopic (exact) mass is 671 g/mol. The van der Waals surface area contributed by atoms with Gasteiger partial charge < -0.3 is 0 Å². The summed E-state index contributed by atoms with van der Waals surface area (Å²) in [4.78, 5) is 0. The standard InChI is InChI=1S/C49H41BP/c1-7-19-43(20-8-1)50(44-21-9-2-10-22-44,45-23-11-3-12-24-45)46-37-35-42(36-38-46)41-33-31-40(32-34-41)39-51(47-25-13-4-14-26-47,48-27-15-5-16-28-48)49-29-17-6-18-30-49/h1-38,51H,39H2/q-1. The molecule has 246 valence electrons. The van der Waals surface area contributed by atoms with Gasteiger partial charge >= 0.3 is 250 Å². The Morgan fingerprint density at radius 1 is 0.275 bits per heavy atom. The summed E-state index contributed by atoms with van der Waals surface area (Å²) >= 11 is 0. The van der Waals surface area contributed by atoms with Crippen LogP contribution in [0.1, 0.15) is 5.56 Å². The van der Waals surface area contributed by atoms with Gasteiger partial charge in [-0.05, 0) is 0 Å². The van der Waals surface area contributed by atoms with Crippen molar-refractivity contribution in [3.8, 4) is 11.1 Å². The maximum absolute atomic E-state index is 2.38. The van der Waals surface area contributed by atoms with Gasteiger partial charge in [-0.25, -0.2) is 0 Å². The molecule has 0 saturated heterocycles. The molecule has 8 aromatic rings. The van der Waals surface area contributed by atoms with Crippen LogP contribution in [0.4, 0.5) is 0 Å². The van der Waals surface area contributed by atoms with E-state index in [1.54, 1.807) is 0 Å². The summed E-state index contributed by atoms with van der Waals surface area (Å²) in [6.07, 6.45) is -0.410. The van der Waals surface area contributed by atoms with E-state index in [1.165, 1.54) is 54.5 Å². The molecule has 0 heterocycles. The fourth-order valence-corrected chi connectivity index (χ4v) is 13.2. The first-order valence-corrected chi connectivity index (χ1v) is 20.2. The molecular weight excluding hydrogens is 630 g/mol. The topological polar surface area (TPSA) is 0 Å². The van der Waals surface area contributed by atoms with Gasteiger partial charge in [-0.15, -0.1) is 0 Å². The van der Waals surface area contributed by atoms with Crippen LogP contribution >= 0.6 is 7.26 Å². The van der Waals surface area contributed by atoms with E-state index in [0.29, 0.717) is 0 Å². The predicted octanol–water partition coefficient (Wildman–Crippen LogP) is 7.96.